The van der Waals surface area contributed by atoms with E-state index in [-0.39, 0.29) is 6.10 Å². The van der Waals surface area contributed by atoms with Crippen molar-refractivity contribution in [3.05, 3.63) is 28.8 Å². The summed E-state index contributed by atoms with van der Waals surface area (Å²) >= 11 is 5.90. The van der Waals surface area contributed by atoms with Gasteiger partial charge < -0.3 is 10.1 Å². The molecule has 0 radical (unpaired) electrons. The normalized spacial score (nSPS) is 19.9. The van der Waals surface area contributed by atoms with Gasteiger partial charge in [0.2, 0.25) is 0 Å². The minimum atomic E-state index is 0.149. The second-order valence-electron chi connectivity index (χ2n) is 3.46. The number of nitriles is 1. The van der Waals surface area contributed by atoms with Crippen LogP contribution in [0.2, 0.25) is 5.02 Å². The summed E-state index contributed by atoms with van der Waals surface area (Å²) in [6, 6.07) is 7.33. The molecule has 0 bridgehead atoms. The zero-order chi connectivity index (χ0) is 10.7. The summed E-state index contributed by atoms with van der Waals surface area (Å²) < 4.78 is 5.71. The van der Waals surface area contributed by atoms with E-state index in [2.05, 4.69) is 11.4 Å². The monoisotopic (exact) mass is 222 g/mol. The van der Waals surface area contributed by atoms with E-state index in [1.54, 1.807) is 18.2 Å². The third-order valence-corrected chi connectivity index (χ3v) is 2.71. The van der Waals surface area contributed by atoms with E-state index in [0.29, 0.717) is 16.3 Å². The molecule has 2 rings (SSSR count). The standard InChI is InChI=1S/C11H11ClN2O/c12-10-2-1-3-11(9(10)6-13)15-8-4-5-14-7-8/h1-3,8,14H,4-5,7H2. The van der Waals surface area contributed by atoms with Crippen molar-refractivity contribution in [3.63, 3.8) is 0 Å². The van der Waals surface area contributed by atoms with Gasteiger partial charge in [0, 0.05) is 6.54 Å². The Labute approximate surface area is 93.6 Å². The summed E-state index contributed by atoms with van der Waals surface area (Å²) in [4.78, 5) is 0. The molecule has 1 aliphatic rings. The molecule has 0 amide bonds. The van der Waals surface area contributed by atoms with Crippen molar-refractivity contribution >= 4 is 11.6 Å². The van der Waals surface area contributed by atoms with Crippen LogP contribution in [0.4, 0.5) is 0 Å². The Hall–Kier alpha value is -1.24. The van der Waals surface area contributed by atoms with Crippen LogP contribution in [0.15, 0.2) is 18.2 Å². The second-order valence-corrected chi connectivity index (χ2v) is 3.86. The first-order chi connectivity index (χ1) is 7.31. The summed E-state index contributed by atoms with van der Waals surface area (Å²) in [5.41, 5.74) is 0.422. The third kappa shape index (κ3) is 2.23. The number of ether oxygens (including phenoxy) is 1. The molecule has 1 unspecified atom stereocenters. The molecule has 1 aromatic carbocycles. The van der Waals surface area contributed by atoms with Gasteiger partial charge in [-0.2, -0.15) is 5.26 Å². The van der Waals surface area contributed by atoms with Gasteiger partial charge in [-0.05, 0) is 25.1 Å². The fourth-order valence-corrected chi connectivity index (χ4v) is 1.83. The number of nitrogens with zero attached hydrogens (tertiary/aromatic N) is 1. The highest BCUT2D eigenvalue weighted by molar-refractivity contribution is 6.31. The molecule has 0 aromatic heterocycles. The van der Waals surface area contributed by atoms with Gasteiger partial charge in [-0.1, -0.05) is 17.7 Å². The summed E-state index contributed by atoms with van der Waals surface area (Å²) in [5, 5.41) is 12.6. The molecule has 1 fully saturated rings. The Morgan fingerprint density at radius 1 is 1.53 bits per heavy atom. The Balaban J connectivity index is 2.20. The maximum absolute atomic E-state index is 8.94. The third-order valence-electron chi connectivity index (χ3n) is 2.40. The van der Waals surface area contributed by atoms with E-state index in [1.165, 1.54) is 0 Å². The summed E-state index contributed by atoms with van der Waals surface area (Å²) in [6.45, 7) is 1.80. The van der Waals surface area contributed by atoms with E-state index >= 15 is 0 Å². The number of rotatable bonds is 2. The van der Waals surface area contributed by atoms with Gasteiger partial charge in [0.05, 0.1) is 5.02 Å². The summed E-state index contributed by atoms with van der Waals surface area (Å²) in [6.07, 6.45) is 1.12. The number of hydrogen-bond acceptors (Lipinski definition) is 3. The average molecular weight is 223 g/mol. The molecule has 1 N–H and O–H groups in total. The first-order valence-electron chi connectivity index (χ1n) is 4.87. The zero-order valence-electron chi connectivity index (χ0n) is 8.16. The highest BCUT2D eigenvalue weighted by atomic mass is 35.5. The molecule has 1 aliphatic heterocycles. The van der Waals surface area contributed by atoms with E-state index in [0.717, 1.165) is 19.5 Å². The second kappa shape index (κ2) is 4.52. The Bertz CT molecular complexity index is 394. The lowest BCUT2D eigenvalue weighted by Crippen LogP contribution is -2.20. The van der Waals surface area contributed by atoms with Crippen LogP contribution in [-0.2, 0) is 0 Å². The first kappa shape index (κ1) is 10.3. The average Bonchev–Trinajstić information content (AvgIpc) is 2.71. The molecule has 78 valence electrons. The Kier molecular flexibility index (Phi) is 3.10. The maximum Gasteiger partial charge on any atom is 0.139 e. The van der Waals surface area contributed by atoms with Crippen molar-refractivity contribution in [2.24, 2.45) is 0 Å². The molecule has 15 heavy (non-hydrogen) atoms. The van der Waals surface area contributed by atoms with Crippen molar-refractivity contribution in [1.82, 2.24) is 5.32 Å². The van der Waals surface area contributed by atoms with Gasteiger partial charge in [0.15, 0.2) is 0 Å². The van der Waals surface area contributed by atoms with Gasteiger partial charge >= 0.3 is 0 Å². The minimum Gasteiger partial charge on any atom is -0.488 e. The fraction of sp³-hybridized carbons (Fsp3) is 0.364. The van der Waals surface area contributed by atoms with Crippen LogP contribution in [0.1, 0.15) is 12.0 Å². The van der Waals surface area contributed by atoms with Crippen LogP contribution in [-0.4, -0.2) is 19.2 Å². The first-order valence-corrected chi connectivity index (χ1v) is 5.25. The maximum atomic E-state index is 8.94. The predicted octanol–water partition coefficient (Wildman–Crippen LogP) is 1.95. The molecule has 0 aliphatic carbocycles. The Morgan fingerprint density at radius 3 is 3.07 bits per heavy atom. The van der Waals surface area contributed by atoms with Crippen LogP contribution >= 0.6 is 11.6 Å². The van der Waals surface area contributed by atoms with E-state index in [4.69, 9.17) is 21.6 Å². The van der Waals surface area contributed by atoms with Crippen LogP contribution < -0.4 is 10.1 Å². The molecule has 4 heteroatoms. The molecule has 3 nitrogen and oxygen atoms in total. The molecule has 1 saturated heterocycles. The largest absolute Gasteiger partial charge is 0.488 e. The molecule has 1 atom stereocenters. The van der Waals surface area contributed by atoms with Gasteiger partial charge in [0.25, 0.3) is 0 Å². The smallest absolute Gasteiger partial charge is 0.139 e. The van der Waals surface area contributed by atoms with Crippen molar-refractivity contribution < 1.29 is 4.74 Å². The molecule has 1 aromatic rings. The molecule has 0 saturated carbocycles. The van der Waals surface area contributed by atoms with Crippen molar-refractivity contribution in [1.29, 1.82) is 5.26 Å². The van der Waals surface area contributed by atoms with Gasteiger partial charge in [-0.3, -0.25) is 0 Å². The van der Waals surface area contributed by atoms with E-state index in [9.17, 15) is 0 Å². The van der Waals surface area contributed by atoms with Gasteiger partial charge in [0.1, 0.15) is 23.5 Å². The SMILES string of the molecule is N#Cc1c(Cl)cccc1OC1CCNC1. The quantitative estimate of drug-likeness (QED) is 0.832. The summed E-state index contributed by atoms with van der Waals surface area (Å²) in [5.74, 6) is 0.582. The van der Waals surface area contributed by atoms with E-state index < -0.39 is 0 Å². The highest BCUT2D eigenvalue weighted by Crippen LogP contribution is 2.26. The number of nitrogens with one attached hydrogen (secondary N) is 1. The van der Waals surface area contributed by atoms with Gasteiger partial charge in [-0.25, -0.2) is 0 Å². The minimum absolute atomic E-state index is 0.149. The Morgan fingerprint density at radius 2 is 2.40 bits per heavy atom. The molecular weight excluding hydrogens is 212 g/mol. The summed E-state index contributed by atoms with van der Waals surface area (Å²) in [7, 11) is 0. The molecule has 1 heterocycles. The lowest BCUT2D eigenvalue weighted by atomic mass is 10.2. The van der Waals surface area contributed by atoms with Crippen LogP contribution in [0, 0.1) is 11.3 Å². The van der Waals surface area contributed by atoms with Crippen LogP contribution in [0.3, 0.4) is 0 Å². The zero-order valence-corrected chi connectivity index (χ0v) is 8.92. The number of benzene rings is 1. The van der Waals surface area contributed by atoms with Crippen LogP contribution in [0.5, 0.6) is 5.75 Å². The van der Waals surface area contributed by atoms with Crippen molar-refractivity contribution in [2.75, 3.05) is 13.1 Å². The van der Waals surface area contributed by atoms with Crippen molar-refractivity contribution in [3.8, 4) is 11.8 Å². The number of hydrogen-bond donors (Lipinski definition) is 1. The lowest BCUT2D eigenvalue weighted by Gasteiger charge is -2.13. The highest BCUT2D eigenvalue weighted by Gasteiger charge is 2.18. The molecule has 0 spiro atoms. The number of halogens is 1. The lowest BCUT2D eigenvalue weighted by molar-refractivity contribution is 0.222. The van der Waals surface area contributed by atoms with Crippen molar-refractivity contribution in [2.45, 2.75) is 12.5 Å². The molecular formula is C11H11ClN2O. The van der Waals surface area contributed by atoms with Crippen LogP contribution in [0.25, 0.3) is 0 Å². The van der Waals surface area contributed by atoms with Gasteiger partial charge in [-0.15, -0.1) is 0 Å². The topological polar surface area (TPSA) is 45.0 Å². The fourth-order valence-electron chi connectivity index (χ4n) is 1.62. The van der Waals surface area contributed by atoms with E-state index in [1.807, 2.05) is 0 Å². The predicted molar refractivity (Wildman–Crippen MR) is 58.1 cm³/mol.